The molecule has 16 heavy (non-hydrogen) atoms. The van der Waals surface area contributed by atoms with Crippen molar-refractivity contribution in [3.8, 4) is 0 Å². The van der Waals surface area contributed by atoms with Crippen LogP contribution in [0, 0.1) is 17.8 Å². The molecule has 2 unspecified atom stereocenters. The highest BCUT2D eigenvalue weighted by atomic mass is 35.5. The predicted octanol–water partition coefficient (Wildman–Crippen LogP) is 4.77. The zero-order valence-corrected chi connectivity index (χ0v) is 11.4. The van der Waals surface area contributed by atoms with Crippen molar-refractivity contribution < 1.29 is 4.79 Å². The van der Waals surface area contributed by atoms with E-state index in [0.717, 1.165) is 19.3 Å². The zero-order valence-electron chi connectivity index (χ0n) is 10.7. The van der Waals surface area contributed by atoms with Crippen LogP contribution in [0.15, 0.2) is 0 Å². The Bertz CT molecular complexity index is 204. The van der Waals surface area contributed by atoms with Crippen LogP contribution in [0.3, 0.4) is 0 Å². The average molecular weight is 245 g/mol. The van der Waals surface area contributed by atoms with Crippen LogP contribution in [0.25, 0.3) is 0 Å². The van der Waals surface area contributed by atoms with Crippen LogP contribution in [0.2, 0.25) is 0 Å². The molecular formula is C14H25ClO. The average Bonchev–Trinajstić information content (AvgIpc) is 2.29. The van der Waals surface area contributed by atoms with E-state index in [9.17, 15) is 4.79 Å². The van der Waals surface area contributed by atoms with Crippen molar-refractivity contribution in [1.29, 1.82) is 0 Å². The van der Waals surface area contributed by atoms with Gasteiger partial charge in [-0.05, 0) is 42.7 Å². The van der Waals surface area contributed by atoms with Gasteiger partial charge in [0.05, 0.1) is 0 Å². The van der Waals surface area contributed by atoms with Gasteiger partial charge in [0.1, 0.15) is 0 Å². The highest BCUT2D eigenvalue weighted by Gasteiger charge is 2.33. The third-order valence-corrected chi connectivity index (χ3v) is 4.36. The summed E-state index contributed by atoms with van der Waals surface area (Å²) in [5, 5.41) is -0.0767. The molecule has 1 saturated carbocycles. The van der Waals surface area contributed by atoms with E-state index in [1.165, 1.54) is 32.1 Å². The third-order valence-electron chi connectivity index (χ3n) is 4.11. The molecule has 0 spiro atoms. The van der Waals surface area contributed by atoms with E-state index in [1.807, 2.05) is 0 Å². The van der Waals surface area contributed by atoms with Crippen molar-refractivity contribution in [3.05, 3.63) is 0 Å². The standard InChI is InChI=1S/C14H25ClO/c1-3-8-11(4-2)13(14(15)16)12-9-6-5-7-10-12/h11-13H,3-10H2,1-2H3. The van der Waals surface area contributed by atoms with Gasteiger partial charge in [-0.25, -0.2) is 0 Å². The third kappa shape index (κ3) is 3.76. The second-order valence-corrected chi connectivity index (χ2v) is 5.56. The first-order valence-electron chi connectivity index (χ1n) is 6.90. The Morgan fingerprint density at radius 1 is 1.25 bits per heavy atom. The molecule has 0 aromatic heterocycles. The van der Waals surface area contributed by atoms with Crippen molar-refractivity contribution in [3.63, 3.8) is 0 Å². The first-order chi connectivity index (χ1) is 7.70. The van der Waals surface area contributed by atoms with Gasteiger partial charge in [0, 0.05) is 5.92 Å². The summed E-state index contributed by atoms with van der Waals surface area (Å²) in [6.45, 7) is 4.38. The summed E-state index contributed by atoms with van der Waals surface area (Å²) >= 11 is 5.85. The second-order valence-electron chi connectivity index (χ2n) is 5.18. The Morgan fingerprint density at radius 3 is 2.31 bits per heavy atom. The van der Waals surface area contributed by atoms with Crippen molar-refractivity contribution in [2.45, 2.75) is 65.2 Å². The maximum Gasteiger partial charge on any atom is 0.225 e. The smallest absolute Gasteiger partial charge is 0.225 e. The molecule has 0 aliphatic heterocycles. The Hall–Kier alpha value is -0.0400. The lowest BCUT2D eigenvalue weighted by molar-refractivity contribution is -0.119. The molecule has 1 nitrogen and oxygen atoms in total. The second kappa shape index (κ2) is 7.32. The molecule has 2 atom stereocenters. The van der Waals surface area contributed by atoms with Crippen molar-refractivity contribution in [2.24, 2.45) is 17.8 Å². The number of hydrogen-bond donors (Lipinski definition) is 0. The van der Waals surface area contributed by atoms with Crippen LogP contribution in [0.4, 0.5) is 0 Å². The summed E-state index contributed by atoms with van der Waals surface area (Å²) in [5.74, 6) is 1.21. The molecule has 0 aromatic rings. The van der Waals surface area contributed by atoms with Gasteiger partial charge in [-0.15, -0.1) is 0 Å². The fourth-order valence-electron chi connectivity index (χ4n) is 3.26. The van der Waals surface area contributed by atoms with E-state index in [-0.39, 0.29) is 11.2 Å². The van der Waals surface area contributed by atoms with Crippen LogP contribution in [0.5, 0.6) is 0 Å². The number of carbonyl (C=O) groups excluding carboxylic acids is 1. The van der Waals surface area contributed by atoms with Crippen molar-refractivity contribution in [2.75, 3.05) is 0 Å². The van der Waals surface area contributed by atoms with Gasteiger partial charge in [-0.2, -0.15) is 0 Å². The molecule has 1 fully saturated rings. The molecule has 1 aliphatic rings. The minimum Gasteiger partial charge on any atom is -0.281 e. The number of halogens is 1. The molecule has 0 N–H and O–H groups in total. The molecule has 0 radical (unpaired) electrons. The molecule has 0 saturated heterocycles. The Labute approximate surface area is 105 Å². The Morgan fingerprint density at radius 2 is 1.88 bits per heavy atom. The summed E-state index contributed by atoms with van der Waals surface area (Å²) in [5.41, 5.74) is 0. The van der Waals surface area contributed by atoms with Crippen molar-refractivity contribution in [1.82, 2.24) is 0 Å². The first kappa shape index (κ1) is 14.0. The van der Waals surface area contributed by atoms with Gasteiger partial charge in [0.2, 0.25) is 5.24 Å². The zero-order chi connectivity index (χ0) is 12.0. The summed E-state index contributed by atoms with van der Waals surface area (Å²) in [6.07, 6.45) is 9.73. The monoisotopic (exact) mass is 244 g/mol. The fraction of sp³-hybridized carbons (Fsp3) is 0.929. The minimum absolute atomic E-state index is 0.0767. The van der Waals surface area contributed by atoms with Crippen molar-refractivity contribution >= 4 is 16.8 Å². The molecule has 0 amide bonds. The first-order valence-corrected chi connectivity index (χ1v) is 7.27. The lowest BCUT2D eigenvalue weighted by Crippen LogP contribution is -2.30. The van der Waals surface area contributed by atoms with Crippen LogP contribution >= 0.6 is 11.6 Å². The van der Waals surface area contributed by atoms with Gasteiger partial charge in [-0.3, -0.25) is 4.79 Å². The topological polar surface area (TPSA) is 17.1 Å². The maximum atomic E-state index is 11.7. The highest BCUT2D eigenvalue weighted by Crippen LogP contribution is 2.38. The number of rotatable bonds is 6. The summed E-state index contributed by atoms with van der Waals surface area (Å²) in [7, 11) is 0. The summed E-state index contributed by atoms with van der Waals surface area (Å²) in [4.78, 5) is 11.7. The molecule has 1 rings (SSSR count). The molecule has 2 heteroatoms. The van der Waals surface area contributed by atoms with Gasteiger partial charge >= 0.3 is 0 Å². The SMILES string of the molecule is CCCC(CC)C(C(=O)Cl)C1CCCCC1. The number of carbonyl (C=O) groups is 1. The van der Waals surface area contributed by atoms with Crippen LogP contribution in [-0.2, 0) is 4.79 Å². The largest absolute Gasteiger partial charge is 0.281 e. The van der Waals surface area contributed by atoms with Crippen LogP contribution < -0.4 is 0 Å². The maximum absolute atomic E-state index is 11.7. The summed E-state index contributed by atoms with van der Waals surface area (Å²) < 4.78 is 0. The lowest BCUT2D eigenvalue weighted by atomic mass is 9.72. The van der Waals surface area contributed by atoms with Gasteiger partial charge in [0.15, 0.2) is 0 Å². The van der Waals surface area contributed by atoms with E-state index in [4.69, 9.17) is 11.6 Å². The molecule has 94 valence electrons. The Kier molecular flexibility index (Phi) is 6.41. The predicted molar refractivity (Wildman–Crippen MR) is 69.6 cm³/mol. The van der Waals surface area contributed by atoms with E-state index >= 15 is 0 Å². The molecule has 0 aromatic carbocycles. The van der Waals surface area contributed by atoms with E-state index in [0.29, 0.717) is 11.8 Å². The fourth-order valence-corrected chi connectivity index (χ4v) is 3.61. The normalized spacial score (nSPS) is 21.7. The highest BCUT2D eigenvalue weighted by molar-refractivity contribution is 6.64. The molecule has 0 heterocycles. The lowest BCUT2D eigenvalue weighted by Gasteiger charge is -2.33. The van der Waals surface area contributed by atoms with Gasteiger partial charge < -0.3 is 0 Å². The molecule has 1 aliphatic carbocycles. The minimum atomic E-state index is -0.0767. The van der Waals surface area contributed by atoms with Crippen LogP contribution in [-0.4, -0.2) is 5.24 Å². The molecule has 0 bridgehead atoms. The Balaban J connectivity index is 2.66. The van der Waals surface area contributed by atoms with Gasteiger partial charge in [-0.1, -0.05) is 46.0 Å². The quantitative estimate of drug-likeness (QED) is 0.615. The van der Waals surface area contributed by atoms with E-state index < -0.39 is 0 Å². The van der Waals surface area contributed by atoms with E-state index in [1.54, 1.807) is 0 Å². The van der Waals surface area contributed by atoms with Crippen LogP contribution in [0.1, 0.15) is 65.2 Å². The van der Waals surface area contributed by atoms with E-state index in [2.05, 4.69) is 13.8 Å². The van der Waals surface area contributed by atoms with Gasteiger partial charge in [0.25, 0.3) is 0 Å². The molecular weight excluding hydrogens is 220 g/mol. The number of hydrogen-bond acceptors (Lipinski definition) is 1. The summed E-state index contributed by atoms with van der Waals surface area (Å²) in [6, 6.07) is 0.